The maximum atomic E-state index is 11.8. The van der Waals surface area contributed by atoms with Crippen LogP contribution in [0.3, 0.4) is 0 Å². The lowest BCUT2D eigenvalue weighted by Crippen LogP contribution is -2.07. The van der Waals surface area contributed by atoms with Gasteiger partial charge in [0.05, 0.1) is 5.57 Å². The Balaban J connectivity index is 2.07. The summed E-state index contributed by atoms with van der Waals surface area (Å²) in [7, 11) is 4.01. The van der Waals surface area contributed by atoms with Crippen molar-refractivity contribution < 1.29 is 9.53 Å². The van der Waals surface area contributed by atoms with Crippen LogP contribution < -0.4 is 4.90 Å². The summed E-state index contributed by atoms with van der Waals surface area (Å²) in [6.45, 7) is 2.16. The molecule has 0 saturated heterocycles. The zero-order valence-corrected chi connectivity index (χ0v) is 13.1. The quantitative estimate of drug-likeness (QED) is 0.446. The third-order valence-electron chi connectivity index (χ3n) is 3.53. The molecular weight excluding hydrogens is 262 g/mol. The lowest BCUT2D eigenvalue weighted by atomic mass is 10.1. The van der Waals surface area contributed by atoms with Gasteiger partial charge in [-0.2, -0.15) is 0 Å². The fourth-order valence-electron chi connectivity index (χ4n) is 2.26. The average molecular weight is 285 g/mol. The lowest BCUT2D eigenvalue weighted by molar-refractivity contribution is -0.133. The first kappa shape index (κ1) is 15.4. The van der Waals surface area contributed by atoms with Crippen LogP contribution in [0.25, 0.3) is 6.08 Å². The van der Waals surface area contributed by atoms with Gasteiger partial charge < -0.3 is 9.64 Å². The largest absolute Gasteiger partial charge is 0.427 e. The van der Waals surface area contributed by atoms with Gasteiger partial charge in [0.25, 0.3) is 0 Å². The molecule has 3 heteroatoms. The summed E-state index contributed by atoms with van der Waals surface area (Å²) in [6.07, 6.45) is 8.01. The fourth-order valence-corrected chi connectivity index (χ4v) is 2.26. The molecule has 3 nitrogen and oxygen atoms in total. The van der Waals surface area contributed by atoms with E-state index in [-0.39, 0.29) is 5.97 Å². The number of anilines is 1. The van der Waals surface area contributed by atoms with Crippen LogP contribution in [0.2, 0.25) is 0 Å². The van der Waals surface area contributed by atoms with Gasteiger partial charge in [0.15, 0.2) is 0 Å². The zero-order chi connectivity index (χ0) is 15.2. The Hall–Kier alpha value is -2.03. The third kappa shape index (κ3) is 4.22. The Morgan fingerprint density at radius 3 is 2.48 bits per heavy atom. The van der Waals surface area contributed by atoms with E-state index in [2.05, 4.69) is 6.92 Å². The van der Waals surface area contributed by atoms with Crippen molar-refractivity contribution in [3.63, 3.8) is 0 Å². The third-order valence-corrected chi connectivity index (χ3v) is 3.53. The Morgan fingerprint density at radius 2 is 1.86 bits per heavy atom. The monoisotopic (exact) mass is 285 g/mol. The molecule has 1 heterocycles. The number of cyclic esters (lactones) is 1. The van der Waals surface area contributed by atoms with Gasteiger partial charge in [0, 0.05) is 26.2 Å². The number of benzene rings is 1. The topological polar surface area (TPSA) is 29.5 Å². The van der Waals surface area contributed by atoms with Crippen molar-refractivity contribution in [2.24, 2.45) is 0 Å². The van der Waals surface area contributed by atoms with E-state index in [1.165, 1.54) is 12.8 Å². The number of carbonyl (C=O) groups excluding carboxylic acids is 1. The molecule has 2 rings (SSSR count). The number of allylic oxidation sites excluding steroid dienone is 1. The Labute approximate surface area is 126 Å². The number of nitrogens with zero attached hydrogens (tertiary/aromatic N) is 1. The van der Waals surface area contributed by atoms with Gasteiger partial charge in [-0.15, -0.1) is 0 Å². The van der Waals surface area contributed by atoms with Crippen molar-refractivity contribution in [2.75, 3.05) is 19.0 Å². The number of ether oxygens (including phenoxy) is 1. The fraction of sp³-hybridized carbons (Fsp3) is 0.389. The molecular formula is C18H23NO2. The molecule has 1 aliphatic rings. The minimum atomic E-state index is -0.238. The number of rotatable bonds is 6. The summed E-state index contributed by atoms with van der Waals surface area (Å²) in [5, 5.41) is 0. The summed E-state index contributed by atoms with van der Waals surface area (Å²) in [5.74, 6) is 0.558. The number of hydrogen-bond acceptors (Lipinski definition) is 3. The van der Waals surface area contributed by atoms with Crippen molar-refractivity contribution >= 4 is 17.7 Å². The van der Waals surface area contributed by atoms with Gasteiger partial charge in [-0.25, -0.2) is 4.79 Å². The maximum absolute atomic E-state index is 11.8. The van der Waals surface area contributed by atoms with Gasteiger partial charge in [0.2, 0.25) is 0 Å². The average Bonchev–Trinajstić information content (AvgIpc) is 2.80. The van der Waals surface area contributed by atoms with Crippen molar-refractivity contribution in [3.8, 4) is 0 Å². The van der Waals surface area contributed by atoms with E-state index >= 15 is 0 Å². The predicted octanol–water partition coefficient (Wildman–Crippen LogP) is 4.16. The molecule has 1 aromatic carbocycles. The predicted molar refractivity (Wildman–Crippen MR) is 87.1 cm³/mol. The van der Waals surface area contributed by atoms with E-state index in [4.69, 9.17) is 4.74 Å². The Morgan fingerprint density at radius 1 is 1.14 bits per heavy atom. The molecule has 0 N–H and O–H groups in total. The first-order chi connectivity index (χ1) is 10.1. The number of carbonyl (C=O) groups is 1. The van der Waals surface area contributed by atoms with E-state index < -0.39 is 0 Å². The number of esters is 1. The molecule has 0 radical (unpaired) electrons. The minimum Gasteiger partial charge on any atom is -0.427 e. The summed E-state index contributed by atoms with van der Waals surface area (Å²) < 4.78 is 5.30. The van der Waals surface area contributed by atoms with Crippen LogP contribution in [0, 0.1) is 0 Å². The van der Waals surface area contributed by atoms with Gasteiger partial charge in [0.1, 0.15) is 5.76 Å². The molecule has 112 valence electrons. The van der Waals surface area contributed by atoms with Crippen LogP contribution in [-0.4, -0.2) is 20.1 Å². The SMILES string of the molecule is CCCCCC1=C/C(=C\c2ccc(N(C)C)cc2)C(=O)O1. The molecule has 1 aliphatic heterocycles. The van der Waals surface area contributed by atoms with Gasteiger partial charge in [-0.1, -0.05) is 31.9 Å². The molecule has 0 unspecified atom stereocenters. The molecule has 0 spiro atoms. The summed E-state index contributed by atoms with van der Waals surface area (Å²) in [5.41, 5.74) is 2.79. The zero-order valence-electron chi connectivity index (χ0n) is 13.1. The normalized spacial score (nSPS) is 16.0. The minimum absolute atomic E-state index is 0.238. The highest BCUT2D eigenvalue weighted by atomic mass is 16.5. The number of unbranched alkanes of at least 4 members (excludes halogenated alkanes) is 2. The molecule has 0 aliphatic carbocycles. The van der Waals surface area contributed by atoms with Crippen LogP contribution in [0.15, 0.2) is 41.7 Å². The summed E-state index contributed by atoms with van der Waals surface area (Å²) in [6, 6.07) is 8.11. The van der Waals surface area contributed by atoms with Crippen molar-refractivity contribution in [1.82, 2.24) is 0 Å². The number of hydrogen-bond donors (Lipinski definition) is 0. The maximum Gasteiger partial charge on any atom is 0.343 e. The van der Waals surface area contributed by atoms with Crippen LogP contribution in [0.5, 0.6) is 0 Å². The summed E-state index contributed by atoms with van der Waals surface area (Å²) in [4.78, 5) is 13.9. The molecule has 0 fully saturated rings. The van der Waals surface area contributed by atoms with Crippen LogP contribution in [0.1, 0.15) is 38.2 Å². The van der Waals surface area contributed by atoms with Crippen LogP contribution in [0.4, 0.5) is 5.69 Å². The van der Waals surface area contributed by atoms with E-state index in [0.717, 1.165) is 29.9 Å². The second-order valence-corrected chi connectivity index (χ2v) is 5.54. The van der Waals surface area contributed by atoms with Crippen molar-refractivity contribution in [3.05, 3.63) is 47.2 Å². The lowest BCUT2D eigenvalue weighted by Gasteiger charge is -2.11. The first-order valence-electron chi connectivity index (χ1n) is 7.52. The molecule has 1 aromatic rings. The van der Waals surface area contributed by atoms with Crippen LogP contribution >= 0.6 is 0 Å². The van der Waals surface area contributed by atoms with E-state index in [9.17, 15) is 4.79 Å². The van der Waals surface area contributed by atoms with E-state index in [1.807, 2.05) is 55.4 Å². The molecule has 0 aromatic heterocycles. The van der Waals surface area contributed by atoms with Crippen LogP contribution in [-0.2, 0) is 9.53 Å². The summed E-state index contributed by atoms with van der Waals surface area (Å²) >= 11 is 0. The van der Waals surface area contributed by atoms with Crippen molar-refractivity contribution in [1.29, 1.82) is 0 Å². The highest BCUT2D eigenvalue weighted by molar-refractivity contribution is 5.99. The van der Waals surface area contributed by atoms with E-state index in [0.29, 0.717) is 5.57 Å². The molecule has 0 amide bonds. The first-order valence-corrected chi connectivity index (χ1v) is 7.52. The van der Waals surface area contributed by atoms with Gasteiger partial charge >= 0.3 is 5.97 Å². The molecule has 0 bridgehead atoms. The van der Waals surface area contributed by atoms with Gasteiger partial charge in [-0.3, -0.25) is 0 Å². The second-order valence-electron chi connectivity index (χ2n) is 5.54. The Kier molecular flexibility index (Phi) is 5.20. The highest BCUT2D eigenvalue weighted by Crippen LogP contribution is 2.24. The standard InChI is InChI=1S/C18H23NO2/c1-4-5-6-7-17-13-15(18(20)21-17)12-14-8-10-16(11-9-14)19(2)3/h8-13H,4-7H2,1-3H3/b15-12+. The van der Waals surface area contributed by atoms with E-state index in [1.54, 1.807) is 0 Å². The smallest absolute Gasteiger partial charge is 0.343 e. The Bertz CT molecular complexity index is 553. The van der Waals surface area contributed by atoms with Gasteiger partial charge in [-0.05, 0) is 36.3 Å². The molecule has 0 saturated carbocycles. The molecule has 0 atom stereocenters. The van der Waals surface area contributed by atoms with Crippen molar-refractivity contribution in [2.45, 2.75) is 32.6 Å². The molecule has 21 heavy (non-hydrogen) atoms. The second kappa shape index (κ2) is 7.11. The highest BCUT2D eigenvalue weighted by Gasteiger charge is 2.20.